The Kier molecular flexibility index (Phi) is 4.94. The lowest BCUT2D eigenvalue weighted by Crippen LogP contribution is -2.05. The van der Waals surface area contributed by atoms with E-state index in [0.717, 1.165) is 38.1 Å². The van der Waals surface area contributed by atoms with Gasteiger partial charge in [0.25, 0.3) is 0 Å². The molecule has 146 valence electrons. The van der Waals surface area contributed by atoms with Crippen LogP contribution in [-0.4, -0.2) is 25.4 Å². The highest BCUT2D eigenvalue weighted by Gasteiger charge is 2.09. The second kappa shape index (κ2) is 8.04. The molecule has 2 aromatic heterocycles. The van der Waals surface area contributed by atoms with Crippen LogP contribution in [0.25, 0.3) is 33.3 Å². The maximum absolute atomic E-state index is 4.65. The molecule has 0 radical (unpaired) electrons. The summed E-state index contributed by atoms with van der Waals surface area (Å²) in [4.78, 5) is 4.65. The number of aromatic nitrogens is 5. The molecule has 5 rings (SSSR count). The van der Waals surface area contributed by atoms with Crippen LogP contribution in [0, 0.1) is 0 Å². The van der Waals surface area contributed by atoms with Gasteiger partial charge in [0.1, 0.15) is 0 Å². The summed E-state index contributed by atoms with van der Waals surface area (Å²) in [6, 6.07) is 24.5. The van der Waals surface area contributed by atoms with Gasteiger partial charge < -0.3 is 5.32 Å². The minimum atomic E-state index is 0.466. The van der Waals surface area contributed by atoms with Crippen LogP contribution in [0.4, 0.5) is 5.95 Å². The first-order chi connectivity index (χ1) is 14.8. The summed E-state index contributed by atoms with van der Waals surface area (Å²) in [5, 5.41) is 21.2. The second-order valence-electron chi connectivity index (χ2n) is 6.83. The van der Waals surface area contributed by atoms with Gasteiger partial charge >= 0.3 is 0 Å². The fourth-order valence-corrected chi connectivity index (χ4v) is 3.62. The zero-order valence-corrected chi connectivity index (χ0v) is 17.5. The number of hydrogen-bond acceptors (Lipinski definition) is 5. The minimum Gasteiger partial charge on any atom is -0.347 e. The molecule has 0 aliphatic rings. The van der Waals surface area contributed by atoms with Crippen LogP contribution in [0.5, 0.6) is 0 Å². The van der Waals surface area contributed by atoms with Gasteiger partial charge in [0.2, 0.25) is 5.95 Å². The predicted molar refractivity (Wildman–Crippen MR) is 122 cm³/mol. The van der Waals surface area contributed by atoms with Gasteiger partial charge in [0.15, 0.2) is 0 Å². The predicted octanol–water partition coefficient (Wildman–Crippen LogP) is 5.46. The molecule has 0 amide bonds. The van der Waals surface area contributed by atoms with Crippen molar-refractivity contribution in [2.24, 2.45) is 0 Å². The highest BCUT2D eigenvalue weighted by Crippen LogP contribution is 2.27. The Balaban J connectivity index is 1.35. The summed E-state index contributed by atoms with van der Waals surface area (Å²) in [6.45, 7) is 0.494. The minimum absolute atomic E-state index is 0.466. The number of aromatic amines is 1. The van der Waals surface area contributed by atoms with Crippen LogP contribution in [-0.2, 0) is 6.54 Å². The SMILES string of the molecule is Brc1ccc(-c2cc(CNc3nncc(-c4cccc5ccccc45)n3)n[nH]2)cc1. The molecule has 2 heterocycles. The third kappa shape index (κ3) is 3.79. The molecule has 0 aliphatic carbocycles. The number of anilines is 1. The first kappa shape index (κ1) is 18.4. The number of benzene rings is 3. The van der Waals surface area contributed by atoms with E-state index in [9.17, 15) is 0 Å². The molecule has 2 N–H and O–H groups in total. The van der Waals surface area contributed by atoms with Gasteiger partial charge in [-0.3, -0.25) is 5.10 Å². The normalized spacial score (nSPS) is 11.0. The summed E-state index contributed by atoms with van der Waals surface area (Å²) >= 11 is 3.45. The van der Waals surface area contributed by atoms with Crippen LogP contribution in [0.1, 0.15) is 5.69 Å². The van der Waals surface area contributed by atoms with E-state index in [-0.39, 0.29) is 0 Å². The van der Waals surface area contributed by atoms with Crippen molar-refractivity contribution in [1.82, 2.24) is 25.4 Å². The van der Waals surface area contributed by atoms with Crippen molar-refractivity contribution in [2.75, 3.05) is 5.32 Å². The molecule has 0 atom stereocenters. The number of H-pyrrole nitrogens is 1. The molecule has 0 spiro atoms. The lowest BCUT2D eigenvalue weighted by molar-refractivity contribution is 0.923. The summed E-state index contributed by atoms with van der Waals surface area (Å²) in [5.41, 5.74) is 4.72. The molecule has 6 nitrogen and oxygen atoms in total. The van der Waals surface area contributed by atoms with E-state index in [4.69, 9.17) is 0 Å². The van der Waals surface area contributed by atoms with Gasteiger partial charge in [-0.1, -0.05) is 70.5 Å². The first-order valence-electron chi connectivity index (χ1n) is 9.48. The molecule has 7 heteroatoms. The van der Waals surface area contributed by atoms with E-state index in [1.807, 2.05) is 54.6 Å². The van der Waals surface area contributed by atoms with Gasteiger partial charge in [-0.05, 0) is 34.5 Å². The molecule has 0 saturated heterocycles. The average molecular weight is 457 g/mol. The molecular formula is C23H17BrN6. The van der Waals surface area contributed by atoms with E-state index in [2.05, 4.69) is 64.8 Å². The van der Waals surface area contributed by atoms with E-state index < -0.39 is 0 Å². The van der Waals surface area contributed by atoms with Gasteiger partial charge in [0, 0.05) is 10.0 Å². The van der Waals surface area contributed by atoms with Crippen LogP contribution in [0.3, 0.4) is 0 Å². The summed E-state index contributed by atoms with van der Waals surface area (Å²) in [5.74, 6) is 0.466. The quantitative estimate of drug-likeness (QED) is 0.367. The zero-order valence-electron chi connectivity index (χ0n) is 15.9. The van der Waals surface area contributed by atoms with Crippen molar-refractivity contribution in [3.8, 4) is 22.5 Å². The standard InChI is InChI=1S/C23H17BrN6/c24-17-10-8-16(9-11-17)21-12-18(28-29-21)13-25-23-27-22(14-26-30-23)20-7-3-5-15-4-1-2-6-19(15)20/h1-12,14H,13H2,(H,28,29)(H,25,27,30). The third-order valence-electron chi connectivity index (χ3n) is 4.84. The molecule has 3 aromatic carbocycles. The van der Waals surface area contributed by atoms with E-state index >= 15 is 0 Å². The van der Waals surface area contributed by atoms with Crippen LogP contribution < -0.4 is 5.32 Å². The van der Waals surface area contributed by atoms with Gasteiger partial charge in [-0.25, -0.2) is 4.98 Å². The van der Waals surface area contributed by atoms with Crippen molar-refractivity contribution >= 4 is 32.7 Å². The molecule has 0 aliphatic heterocycles. The average Bonchev–Trinajstić information content (AvgIpc) is 3.27. The van der Waals surface area contributed by atoms with Gasteiger partial charge in [0.05, 0.1) is 29.8 Å². The molecule has 0 bridgehead atoms. The molecule has 30 heavy (non-hydrogen) atoms. The lowest BCUT2D eigenvalue weighted by Gasteiger charge is -2.07. The fourth-order valence-electron chi connectivity index (χ4n) is 3.36. The maximum Gasteiger partial charge on any atom is 0.243 e. The second-order valence-corrected chi connectivity index (χ2v) is 7.74. The molecule has 0 saturated carbocycles. The van der Waals surface area contributed by atoms with Crippen molar-refractivity contribution in [3.63, 3.8) is 0 Å². The summed E-state index contributed by atoms with van der Waals surface area (Å²) < 4.78 is 1.04. The third-order valence-corrected chi connectivity index (χ3v) is 5.37. The molecule has 0 fully saturated rings. The van der Waals surface area contributed by atoms with Crippen LogP contribution in [0.15, 0.2) is 83.5 Å². The Bertz CT molecular complexity index is 1310. The van der Waals surface area contributed by atoms with E-state index in [0.29, 0.717) is 12.5 Å². The zero-order chi connectivity index (χ0) is 20.3. The van der Waals surface area contributed by atoms with E-state index in [1.165, 1.54) is 5.39 Å². The smallest absolute Gasteiger partial charge is 0.243 e. The highest BCUT2D eigenvalue weighted by atomic mass is 79.9. The van der Waals surface area contributed by atoms with Crippen molar-refractivity contribution in [2.45, 2.75) is 6.54 Å². The molecular weight excluding hydrogens is 440 g/mol. The molecule has 5 aromatic rings. The Morgan fingerprint density at radius 2 is 1.77 bits per heavy atom. The Labute approximate surface area is 181 Å². The number of fused-ring (bicyclic) bond motifs is 1. The number of nitrogens with one attached hydrogen (secondary N) is 2. The van der Waals surface area contributed by atoms with Crippen molar-refractivity contribution in [1.29, 1.82) is 0 Å². The summed E-state index contributed by atoms with van der Waals surface area (Å²) in [7, 11) is 0. The number of hydrogen-bond donors (Lipinski definition) is 2. The topological polar surface area (TPSA) is 79.4 Å². The Morgan fingerprint density at radius 1 is 0.933 bits per heavy atom. The molecule has 0 unspecified atom stereocenters. The maximum atomic E-state index is 4.65. The lowest BCUT2D eigenvalue weighted by atomic mass is 10.0. The van der Waals surface area contributed by atoms with Crippen molar-refractivity contribution < 1.29 is 0 Å². The largest absolute Gasteiger partial charge is 0.347 e. The monoisotopic (exact) mass is 456 g/mol. The fraction of sp³-hybridized carbons (Fsp3) is 0.0435. The first-order valence-corrected chi connectivity index (χ1v) is 10.3. The van der Waals surface area contributed by atoms with Crippen LogP contribution in [0.2, 0.25) is 0 Å². The Morgan fingerprint density at radius 3 is 2.67 bits per heavy atom. The van der Waals surface area contributed by atoms with Gasteiger partial charge in [-0.15, -0.1) is 5.10 Å². The van der Waals surface area contributed by atoms with E-state index in [1.54, 1.807) is 6.20 Å². The summed E-state index contributed by atoms with van der Waals surface area (Å²) in [6.07, 6.45) is 1.69. The number of halogens is 1. The van der Waals surface area contributed by atoms with Crippen molar-refractivity contribution in [3.05, 3.63) is 89.2 Å². The Hall–Kier alpha value is -3.58. The number of nitrogens with zero attached hydrogens (tertiary/aromatic N) is 4. The van der Waals surface area contributed by atoms with Gasteiger partial charge in [-0.2, -0.15) is 10.2 Å². The number of rotatable bonds is 5. The van der Waals surface area contributed by atoms with Crippen LogP contribution >= 0.6 is 15.9 Å². The highest BCUT2D eigenvalue weighted by molar-refractivity contribution is 9.10.